The number of H-pyrrole nitrogens is 1. The van der Waals surface area contributed by atoms with Crippen molar-refractivity contribution in [3.05, 3.63) is 46.8 Å². The number of ether oxygens (including phenoxy) is 2. The average Bonchev–Trinajstić information content (AvgIpc) is 3.38. The fraction of sp³-hybridized carbons (Fsp3) is 0.364. The highest BCUT2D eigenvalue weighted by molar-refractivity contribution is 7.13. The lowest BCUT2D eigenvalue weighted by molar-refractivity contribution is -0.153. The fourth-order valence-electron chi connectivity index (χ4n) is 3.60. The first-order valence-electron chi connectivity index (χ1n) is 9.78. The third kappa shape index (κ3) is 4.52. The minimum Gasteiger partial charge on any atom is -0.456 e. The molecule has 0 radical (unpaired) electrons. The molecule has 29 heavy (non-hydrogen) atoms. The Balaban J connectivity index is 1.43. The van der Waals surface area contributed by atoms with Crippen molar-refractivity contribution in [1.29, 1.82) is 0 Å². The summed E-state index contributed by atoms with van der Waals surface area (Å²) in [4.78, 5) is 30.8. The van der Waals surface area contributed by atoms with Crippen molar-refractivity contribution in [3.8, 4) is 10.6 Å². The summed E-state index contributed by atoms with van der Waals surface area (Å²) in [5.74, 6) is -0.519. The van der Waals surface area contributed by atoms with Crippen molar-refractivity contribution in [1.82, 2.24) is 9.88 Å². The molecule has 0 spiro atoms. The van der Waals surface area contributed by atoms with Crippen LogP contribution in [-0.4, -0.2) is 54.7 Å². The molecule has 4 rings (SSSR count). The monoisotopic (exact) mass is 412 g/mol. The summed E-state index contributed by atoms with van der Waals surface area (Å²) in [6, 6.07) is 10.4. The van der Waals surface area contributed by atoms with Crippen LogP contribution in [0.2, 0.25) is 0 Å². The molecule has 0 unspecified atom stereocenters. The van der Waals surface area contributed by atoms with Gasteiger partial charge in [0.25, 0.3) is 5.91 Å². The predicted molar refractivity (Wildman–Crippen MR) is 113 cm³/mol. The summed E-state index contributed by atoms with van der Waals surface area (Å²) in [7, 11) is 0. The van der Waals surface area contributed by atoms with E-state index in [1.54, 1.807) is 16.2 Å². The van der Waals surface area contributed by atoms with E-state index in [0.717, 1.165) is 27.0 Å². The number of carbonyl (C=O) groups excluding carboxylic acids is 2. The number of esters is 1. The number of aryl methyl sites for hydroxylation is 2. The zero-order chi connectivity index (χ0) is 20.2. The summed E-state index contributed by atoms with van der Waals surface area (Å²) in [5, 5.41) is 3.17. The van der Waals surface area contributed by atoms with Gasteiger partial charge in [-0.05, 0) is 42.5 Å². The number of rotatable bonds is 6. The van der Waals surface area contributed by atoms with Crippen molar-refractivity contribution in [2.24, 2.45) is 0 Å². The number of morpholine rings is 1. The maximum absolute atomic E-state index is 12.3. The number of hydrogen-bond donors (Lipinski definition) is 1. The highest BCUT2D eigenvalue weighted by Crippen LogP contribution is 2.34. The number of carbonyl (C=O) groups is 2. The molecule has 3 aromatic rings. The normalized spacial score (nSPS) is 14.3. The second-order valence-corrected chi connectivity index (χ2v) is 8.11. The number of fused-ring (bicyclic) bond motifs is 1. The summed E-state index contributed by atoms with van der Waals surface area (Å²) >= 11 is 1.67. The lowest BCUT2D eigenvalue weighted by Gasteiger charge is -2.26. The largest absolute Gasteiger partial charge is 0.456 e. The van der Waals surface area contributed by atoms with Crippen molar-refractivity contribution in [2.75, 3.05) is 32.9 Å². The number of nitrogens with zero attached hydrogens (tertiary/aromatic N) is 1. The molecular weight excluding hydrogens is 388 g/mol. The van der Waals surface area contributed by atoms with Gasteiger partial charge in [0.15, 0.2) is 6.61 Å². The van der Waals surface area contributed by atoms with E-state index >= 15 is 0 Å². The van der Waals surface area contributed by atoms with Gasteiger partial charge in [-0.1, -0.05) is 17.7 Å². The van der Waals surface area contributed by atoms with Crippen molar-refractivity contribution >= 4 is 34.1 Å². The van der Waals surface area contributed by atoms with Crippen molar-refractivity contribution in [3.63, 3.8) is 0 Å². The Bertz CT molecular complexity index is 1000. The average molecular weight is 413 g/mol. The summed E-state index contributed by atoms with van der Waals surface area (Å²) in [6.45, 7) is 4.02. The number of nitrogens with one attached hydrogen (secondary N) is 1. The van der Waals surface area contributed by atoms with Crippen LogP contribution in [0.3, 0.4) is 0 Å². The van der Waals surface area contributed by atoms with Gasteiger partial charge in [-0.2, -0.15) is 0 Å². The highest BCUT2D eigenvalue weighted by atomic mass is 32.1. The van der Waals surface area contributed by atoms with Crippen LogP contribution >= 0.6 is 11.3 Å². The quantitative estimate of drug-likeness (QED) is 0.629. The molecule has 7 heteroatoms. The van der Waals surface area contributed by atoms with E-state index in [-0.39, 0.29) is 24.9 Å². The van der Waals surface area contributed by atoms with Crippen LogP contribution in [-0.2, 0) is 25.5 Å². The second-order valence-electron chi connectivity index (χ2n) is 7.16. The molecular formula is C22H24N2O4S. The van der Waals surface area contributed by atoms with Crippen LogP contribution in [0.25, 0.3) is 21.5 Å². The van der Waals surface area contributed by atoms with Crippen LogP contribution in [0.1, 0.15) is 17.5 Å². The first kappa shape index (κ1) is 19.7. The third-order valence-corrected chi connectivity index (χ3v) is 6.02. The molecule has 6 nitrogen and oxygen atoms in total. The fourth-order valence-corrected chi connectivity index (χ4v) is 4.35. The molecule has 1 aliphatic rings. The van der Waals surface area contributed by atoms with Gasteiger partial charge in [0.1, 0.15) is 0 Å². The van der Waals surface area contributed by atoms with Crippen LogP contribution in [0.5, 0.6) is 0 Å². The van der Waals surface area contributed by atoms with E-state index < -0.39 is 0 Å². The number of aromatic nitrogens is 1. The first-order valence-corrected chi connectivity index (χ1v) is 10.7. The standard InChI is InChI=1S/C22H24N2O4S/c1-15-4-6-18-17(13-15)16(22(23-18)19-3-2-12-29-19)5-7-21(26)28-14-20(25)24-8-10-27-11-9-24/h2-4,6,12-13,23H,5,7-11,14H2,1H3. The second kappa shape index (κ2) is 8.80. The Morgan fingerprint density at radius 3 is 2.83 bits per heavy atom. The molecule has 0 atom stereocenters. The molecule has 1 fully saturated rings. The minimum atomic E-state index is -0.356. The number of amides is 1. The van der Waals surface area contributed by atoms with Gasteiger partial charge in [-0.3, -0.25) is 9.59 Å². The molecule has 1 aromatic carbocycles. The van der Waals surface area contributed by atoms with E-state index in [1.807, 2.05) is 11.4 Å². The third-order valence-electron chi connectivity index (χ3n) is 5.13. The Hall–Kier alpha value is -2.64. The van der Waals surface area contributed by atoms with Crippen molar-refractivity contribution < 1.29 is 19.1 Å². The molecule has 1 saturated heterocycles. The van der Waals surface area contributed by atoms with Gasteiger partial charge in [-0.15, -0.1) is 11.3 Å². The van der Waals surface area contributed by atoms with E-state index in [2.05, 4.69) is 36.2 Å². The lowest BCUT2D eigenvalue weighted by atomic mass is 10.0. The molecule has 0 aliphatic carbocycles. The van der Waals surface area contributed by atoms with E-state index in [0.29, 0.717) is 32.7 Å². The van der Waals surface area contributed by atoms with Crippen molar-refractivity contribution in [2.45, 2.75) is 19.8 Å². The Kier molecular flexibility index (Phi) is 5.97. The maximum atomic E-state index is 12.3. The zero-order valence-corrected chi connectivity index (χ0v) is 17.2. The Morgan fingerprint density at radius 2 is 2.07 bits per heavy atom. The van der Waals surface area contributed by atoms with Crippen LogP contribution in [0, 0.1) is 6.92 Å². The first-order chi connectivity index (χ1) is 14.1. The van der Waals surface area contributed by atoms with Crippen LogP contribution in [0.4, 0.5) is 0 Å². The molecule has 0 bridgehead atoms. The van der Waals surface area contributed by atoms with E-state index in [9.17, 15) is 9.59 Å². The Morgan fingerprint density at radius 1 is 1.24 bits per heavy atom. The predicted octanol–water partition coefficient (Wildman–Crippen LogP) is 3.54. The number of benzene rings is 1. The number of aromatic amines is 1. The minimum absolute atomic E-state index is 0.163. The smallest absolute Gasteiger partial charge is 0.306 e. The topological polar surface area (TPSA) is 71.6 Å². The molecule has 1 N–H and O–H groups in total. The molecule has 152 valence electrons. The van der Waals surface area contributed by atoms with E-state index in [1.165, 1.54) is 5.56 Å². The highest BCUT2D eigenvalue weighted by Gasteiger charge is 2.19. The summed E-state index contributed by atoms with van der Waals surface area (Å²) in [5.41, 5.74) is 4.40. The van der Waals surface area contributed by atoms with Gasteiger partial charge >= 0.3 is 5.97 Å². The lowest BCUT2D eigenvalue weighted by Crippen LogP contribution is -2.42. The van der Waals surface area contributed by atoms with Gasteiger partial charge in [0, 0.05) is 30.4 Å². The molecule has 3 heterocycles. The number of hydrogen-bond acceptors (Lipinski definition) is 5. The van der Waals surface area contributed by atoms with E-state index in [4.69, 9.17) is 9.47 Å². The van der Waals surface area contributed by atoms with Gasteiger partial charge < -0.3 is 19.4 Å². The molecule has 1 amide bonds. The van der Waals surface area contributed by atoms with Crippen LogP contribution < -0.4 is 0 Å². The van der Waals surface area contributed by atoms with Crippen LogP contribution in [0.15, 0.2) is 35.7 Å². The summed E-state index contributed by atoms with van der Waals surface area (Å²) < 4.78 is 10.5. The molecule has 0 saturated carbocycles. The van der Waals surface area contributed by atoms with Gasteiger partial charge in [-0.25, -0.2) is 0 Å². The Labute approximate surface area is 173 Å². The van der Waals surface area contributed by atoms with Gasteiger partial charge in [0.2, 0.25) is 0 Å². The zero-order valence-electron chi connectivity index (χ0n) is 16.4. The molecule has 2 aromatic heterocycles. The number of thiophene rings is 1. The molecule has 1 aliphatic heterocycles. The summed E-state index contributed by atoms with van der Waals surface area (Å²) in [6.07, 6.45) is 0.789. The van der Waals surface area contributed by atoms with Gasteiger partial charge in [0.05, 0.1) is 23.8 Å². The SMILES string of the molecule is Cc1ccc2[nH]c(-c3cccs3)c(CCC(=O)OCC(=O)N3CCOCC3)c2c1. The maximum Gasteiger partial charge on any atom is 0.306 e.